The summed E-state index contributed by atoms with van der Waals surface area (Å²) in [5, 5.41) is 3.49. The van der Waals surface area contributed by atoms with Gasteiger partial charge in [-0.15, -0.1) is 0 Å². The predicted octanol–water partition coefficient (Wildman–Crippen LogP) is 4.67. The predicted molar refractivity (Wildman–Crippen MR) is 108 cm³/mol. The van der Waals surface area contributed by atoms with E-state index in [1.807, 2.05) is 42.5 Å². The number of nitrogens with one attached hydrogen (secondary N) is 1. The van der Waals surface area contributed by atoms with Crippen LogP contribution in [0, 0.1) is 0 Å². The first kappa shape index (κ1) is 17.3. The van der Waals surface area contributed by atoms with Gasteiger partial charge in [0.15, 0.2) is 0 Å². The van der Waals surface area contributed by atoms with Gasteiger partial charge in [-0.2, -0.15) is 0 Å². The van der Waals surface area contributed by atoms with E-state index < -0.39 is 0 Å². The van der Waals surface area contributed by atoms with Crippen LogP contribution in [0.5, 0.6) is 0 Å². The van der Waals surface area contributed by atoms with Crippen LogP contribution >= 0.6 is 11.6 Å². The van der Waals surface area contributed by atoms with E-state index in [1.54, 1.807) is 24.3 Å². The quantitative estimate of drug-likeness (QED) is 0.551. The van der Waals surface area contributed by atoms with Crippen LogP contribution in [-0.2, 0) is 13.1 Å². The number of carbonyl (C=O) groups is 1. The maximum Gasteiger partial charge on any atom is 0.251 e. The molecule has 0 atom stereocenters. The first-order chi connectivity index (χ1) is 13.2. The van der Waals surface area contributed by atoms with Gasteiger partial charge in [-0.1, -0.05) is 60.1 Å². The third kappa shape index (κ3) is 3.86. The summed E-state index contributed by atoms with van der Waals surface area (Å²) in [6, 6.07) is 25.1. The second-order valence-corrected chi connectivity index (χ2v) is 6.72. The van der Waals surface area contributed by atoms with E-state index in [-0.39, 0.29) is 5.91 Å². The van der Waals surface area contributed by atoms with E-state index in [1.165, 1.54) is 5.56 Å². The van der Waals surface area contributed by atoms with E-state index in [0.29, 0.717) is 23.7 Å². The van der Waals surface area contributed by atoms with Crippen molar-refractivity contribution in [3.05, 3.63) is 101 Å². The average Bonchev–Trinajstić information content (AvgIpc) is 3.04. The monoisotopic (exact) mass is 375 g/mol. The third-order valence-electron chi connectivity index (χ3n) is 4.41. The highest BCUT2D eigenvalue weighted by Gasteiger charge is 2.13. The molecule has 0 fully saturated rings. The summed E-state index contributed by atoms with van der Waals surface area (Å²) in [6.07, 6.45) is 0. The van der Waals surface area contributed by atoms with Gasteiger partial charge >= 0.3 is 0 Å². The van der Waals surface area contributed by atoms with Gasteiger partial charge in [0, 0.05) is 17.1 Å². The number of fused-ring (bicyclic) bond motifs is 1. The number of amides is 1. The van der Waals surface area contributed by atoms with Crippen molar-refractivity contribution >= 4 is 28.5 Å². The number of para-hydroxylation sites is 2. The van der Waals surface area contributed by atoms with Gasteiger partial charge in [-0.05, 0) is 35.9 Å². The van der Waals surface area contributed by atoms with E-state index in [0.717, 1.165) is 16.9 Å². The van der Waals surface area contributed by atoms with E-state index in [4.69, 9.17) is 16.6 Å². The molecule has 0 radical (unpaired) electrons. The summed E-state index contributed by atoms with van der Waals surface area (Å²) in [7, 11) is 0. The van der Waals surface area contributed by atoms with Crippen LogP contribution in [0.4, 0.5) is 0 Å². The van der Waals surface area contributed by atoms with Crippen LogP contribution in [0.25, 0.3) is 11.0 Å². The van der Waals surface area contributed by atoms with Crippen LogP contribution in [0.3, 0.4) is 0 Å². The fraction of sp³-hybridized carbons (Fsp3) is 0.0909. The largest absolute Gasteiger partial charge is 0.345 e. The molecule has 1 amide bonds. The maximum atomic E-state index is 12.4. The van der Waals surface area contributed by atoms with Gasteiger partial charge in [0.2, 0.25) is 0 Å². The Morgan fingerprint density at radius 2 is 1.74 bits per heavy atom. The molecule has 0 saturated carbocycles. The standard InChI is InChI=1S/C22H18ClN3O/c23-18-10-6-9-17(13-18)22(27)24-14-21-25-19-11-4-5-12-20(19)26(21)15-16-7-2-1-3-8-16/h1-13H,14-15H2,(H,24,27). The number of imidazole rings is 1. The van der Waals surface area contributed by atoms with Crippen molar-refractivity contribution in [3.63, 3.8) is 0 Å². The van der Waals surface area contributed by atoms with Crippen molar-refractivity contribution in [2.45, 2.75) is 13.1 Å². The summed E-state index contributed by atoms with van der Waals surface area (Å²) < 4.78 is 2.14. The van der Waals surface area contributed by atoms with Crippen molar-refractivity contribution in [3.8, 4) is 0 Å². The lowest BCUT2D eigenvalue weighted by molar-refractivity contribution is 0.0949. The van der Waals surface area contributed by atoms with E-state index in [2.05, 4.69) is 22.0 Å². The van der Waals surface area contributed by atoms with Crippen molar-refractivity contribution in [2.24, 2.45) is 0 Å². The number of hydrogen-bond acceptors (Lipinski definition) is 2. The fourth-order valence-electron chi connectivity index (χ4n) is 3.09. The molecule has 0 bridgehead atoms. The molecule has 1 aromatic heterocycles. The molecule has 3 aromatic carbocycles. The third-order valence-corrected chi connectivity index (χ3v) is 4.65. The molecule has 5 heteroatoms. The lowest BCUT2D eigenvalue weighted by Gasteiger charge is -2.11. The molecule has 0 saturated heterocycles. The Bertz CT molecular complexity index is 1090. The van der Waals surface area contributed by atoms with Crippen molar-refractivity contribution < 1.29 is 4.79 Å². The summed E-state index contributed by atoms with van der Waals surface area (Å²) >= 11 is 5.98. The van der Waals surface area contributed by atoms with Crippen molar-refractivity contribution in [1.82, 2.24) is 14.9 Å². The van der Waals surface area contributed by atoms with Crippen LogP contribution in [0.2, 0.25) is 5.02 Å². The molecule has 0 aliphatic rings. The number of hydrogen-bond donors (Lipinski definition) is 1. The summed E-state index contributed by atoms with van der Waals surface area (Å²) in [5.41, 5.74) is 3.69. The smallest absolute Gasteiger partial charge is 0.251 e. The molecule has 4 nitrogen and oxygen atoms in total. The van der Waals surface area contributed by atoms with Gasteiger partial charge in [-0.3, -0.25) is 4.79 Å². The van der Waals surface area contributed by atoms with Gasteiger partial charge in [0.05, 0.1) is 17.6 Å². The van der Waals surface area contributed by atoms with E-state index in [9.17, 15) is 4.79 Å². The van der Waals surface area contributed by atoms with Gasteiger partial charge in [-0.25, -0.2) is 4.98 Å². The lowest BCUT2D eigenvalue weighted by Crippen LogP contribution is -2.24. The second-order valence-electron chi connectivity index (χ2n) is 6.28. The highest BCUT2D eigenvalue weighted by Crippen LogP contribution is 2.18. The number of aromatic nitrogens is 2. The number of rotatable bonds is 5. The van der Waals surface area contributed by atoms with Crippen LogP contribution < -0.4 is 5.32 Å². The number of carbonyl (C=O) groups excluding carboxylic acids is 1. The Labute approximate surface area is 162 Å². The lowest BCUT2D eigenvalue weighted by atomic mass is 10.2. The summed E-state index contributed by atoms with van der Waals surface area (Å²) in [5.74, 6) is 0.645. The van der Waals surface area contributed by atoms with Crippen LogP contribution in [0.15, 0.2) is 78.9 Å². The van der Waals surface area contributed by atoms with Gasteiger partial charge in [0.1, 0.15) is 5.82 Å². The molecule has 1 heterocycles. The van der Waals surface area contributed by atoms with Crippen LogP contribution in [-0.4, -0.2) is 15.5 Å². The zero-order valence-electron chi connectivity index (χ0n) is 14.6. The van der Waals surface area contributed by atoms with Crippen molar-refractivity contribution in [2.75, 3.05) is 0 Å². The highest BCUT2D eigenvalue weighted by atomic mass is 35.5. The van der Waals surface area contributed by atoms with Crippen molar-refractivity contribution in [1.29, 1.82) is 0 Å². The minimum absolute atomic E-state index is 0.171. The van der Waals surface area contributed by atoms with Gasteiger partial charge < -0.3 is 9.88 Å². The Hall–Kier alpha value is -3.11. The molecule has 27 heavy (non-hydrogen) atoms. The Morgan fingerprint density at radius 1 is 0.963 bits per heavy atom. The van der Waals surface area contributed by atoms with Crippen LogP contribution in [0.1, 0.15) is 21.7 Å². The number of nitrogens with zero attached hydrogens (tertiary/aromatic N) is 2. The zero-order valence-corrected chi connectivity index (χ0v) is 15.4. The molecule has 0 aliphatic heterocycles. The minimum atomic E-state index is -0.171. The molecular formula is C22H18ClN3O. The molecule has 0 unspecified atom stereocenters. The fourth-order valence-corrected chi connectivity index (χ4v) is 3.28. The average molecular weight is 376 g/mol. The second kappa shape index (κ2) is 7.64. The zero-order chi connectivity index (χ0) is 18.6. The highest BCUT2D eigenvalue weighted by molar-refractivity contribution is 6.30. The molecule has 1 N–H and O–H groups in total. The molecule has 134 valence electrons. The van der Waals surface area contributed by atoms with Gasteiger partial charge in [0.25, 0.3) is 5.91 Å². The first-order valence-electron chi connectivity index (χ1n) is 8.72. The summed E-state index contributed by atoms with van der Waals surface area (Å²) in [4.78, 5) is 17.2. The molecular weight excluding hydrogens is 358 g/mol. The molecule has 0 aliphatic carbocycles. The molecule has 4 aromatic rings. The Balaban J connectivity index is 1.61. The normalized spacial score (nSPS) is 10.9. The first-order valence-corrected chi connectivity index (χ1v) is 9.10. The SMILES string of the molecule is O=C(NCc1nc2ccccc2n1Cc1ccccc1)c1cccc(Cl)c1. The van der Waals surface area contributed by atoms with E-state index >= 15 is 0 Å². The molecule has 4 rings (SSSR count). The Morgan fingerprint density at radius 3 is 2.56 bits per heavy atom. The summed E-state index contributed by atoms with van der Waals surface area (Å²) in [6.45, 7) is 1.04. The minimum Gasteiger partial charge on any atom is -0.345 e. The number of benzene rings is 3. The number of halogens is 1. The topological polar surface area (TPSA) is 46.9 Å². The maximum absolute atomic E-state index is 12.4. The Kier molecular flexibility index (Phi) is 4.90. The molecule has 0 spiro atoms.